The molecule has 0 aliphatic rings. The van der Waals surface area contributed by atoms with E-state index in [-0.39, 0.29) is 9.56 Å². The van der Waals surface area contributed by atoms with Crippen LogP contribution in [-0.2, 0) is 16.6 Å². The lowest BCUT2D eigenvalue weighted by atomic mass is 10.1. The third-order valence-electron chi connectivity index (χ3n) is 2.16. The molecule has 0 saturated heterocycles. The van der Waals surface area contributed by atoms with Crippen molar-refractivity contribution in [3.05, 3.63) is 16.5 Å². The van der Waals surface area contributed by atoms with Crippen LogP contribution in [0, 0.1) is 0 Å². The summed E-state index contributed by atoms with van der Waals surface area (Å²) in [6.07, 6.45) is 1.01. The largest absolute Gasteiger partial charge is 0.452 e. The van der Waals surface area contributed by atoms with Gasteiger partial charge in [0.1, 0.15) is 10.7 Å². The van der Waals surface area contributed by atoms with Crippen molar-refractivity contribution in [2.24, 2.45) is 0 Å². The molecule has 19 heavy (non-hydrogen) atoms. The lowest BCUT2D eigenvalue weighted by Crippen LogP contribution is -2.40. The third-order valence-corrected chi connectivity index (χ3v) is 4.78. The summed E-state index contributed by atoms with van der Waals surface area (Å²) in [5.74, 6) is 0.592. The van der Waals surface area contributed by atoms with E-state index in [0.717, 1.165) is 13.0 Å². The molecule has 0 radical (unpaired) electrons. The maximum absolute atomic E-state index is 12.2. The highest BCUT2D eigenvalue weighted by Crippen LogP contribution is 2.27. The van der Waals surface area contributed by atoms with E-state index in [1.54, 1.807) is 26.8 Å². The number of hydrogen-bond acceptors (Lipinski definition) is 4. The van der Waals surface area contributed by atoms with Crippen LogP contribution in [-0.4, -0.2) is 20.5 Å². The van der Waals surface area contributed by atoms with Crippen molar-refractivity contribution in [2.75, 3.05) is 6.54 Å². The fourth-order valence-corrected chi connectivity index (χ4v) is 3.93. The summed E-state index contributed by atoms with van der Waals surface area (Å²) < 4.78 is 32.6. The molecule has 0 aliphatic heterocycles. The molecule has 0 bridgehead atoms. The molecule has 0 spiro atoms. The lowest BCUT2D eigenvalue weighted by Gasteiger charge is -2.19. The van der Waals surface area contributed by atoms with Gasteiger partial charge < -0.3 is 9.73 Å². The normalized spacial score (nSPS) is 12.9. The molecular weight excluding hydrogens is 332 g/mol. The van der Waals surface area contributed by atoms with E-state index < -0.39 is 15.6 Å². The predicted molar refractivity (Wildman–Crippen MR) is 78.5 cm³/mol. The van der Waals surface area contributed by atoms with Gasteiger partial charge in [0.15, 0.2) is 4.67 Å². The highest BCUT2D eigenvalue weighted by atomic mass is 79.9. The maximum atomic E-state index is 12.2. The Morgan fingerprint density at radius 1 is 1.37 bits per heavy atom. The molecule has 1 aromatic heterocycles. The second-order valence-electron chi connectivity index (χ2n) is 5.38. The van der Waals surface area contributed by atoms with Gasteiger partial charge in [-0.25, -0.2) is 13.1 Å². The second kappa shape index (κ2) is 6.39. The van der Waals surface area contributed by atoms with Crippen LogP contribution in [0.3, 0.4) is 0 Å². The van der Waals surface area contributed by atoms with Crippen LogP contribution >= 0.6 is 15.9 Å². The van der Waals surface area contributed by atoms with Crippen molar-refractivity contribution in [1.29, 1.82) is 0 Å². The number of sulfonamides is 1. The number of furan rings is 1. The van der Waals surface area contributed by atoms with Gasteiger partial charge in [-0.15, -0.1) is 0 Å². The molecule has 0 unspecified atom stereocenters. The molecule has 110 valence electrons. The highest BCUT2D eigenvalue weighted by Gasteiger charge is 2.26. The number of rotatable bonds is 6. The van der Waals surface area contributed by atoms with Gasteiger partial charge in [0.25, 0.3) is 0 Å². The molecule has 0 amide bonds. The van der Waals surface area contributed by atoms with E-state index in [1.165, 1.54) is 0 Å². The molecule has 0 saturated carbocycles. The fourth-order valence-electron chi connectivity index (χ4n) is 1.51. The fraction of sp³-hybridized carbons (Fsp3) is 0.667. The van der Waals surface area contributed by atoms with E-state index in [9.17, 15) is 8.42 Å². The molecule has 0 fully saturated rings. The van der Waals surface area contributed by atoms with Crippen LogP contribution in [0.1, 0.15) is 39.9 Å². The summed E-state index contributed by atoms with van der Waals surface area (Å²) in [7, 11) is -3.58. The first kappa shape index (κ1) is 16.7. The van der Waals surface area contributed by atoms with Gasteiger partial charge in [0, 0.05) is 11.6 Å². The predicted octanol–water partition coefficient (Wildman–Crippen LogP) is 2.62. The molecule has 1 rings (SSSR count). The Labute approximate surface area is 123 Å². The molecule has 0 aliphatic carbocycles. The Hall–Kier alpha value is -0.370. The zero-order valence-corrected chi connectivity index (χ0v) is 14.1. The monoisotopic (exact) mass is 352 g/mol. The summed E-state index contributed by atoms with van der Waals surface area (Å²) >= 11 is 3.16. The second-order valence-corrected chi connectivity index (χ2v) is 7.75. The first-order valence-corrected chi connectivity index (χ1v) is 8.46. The Balaban J connectivity index is 2.89. The minimum absolute atomic E-state index is 0.135. The van der Waals surface area contributed by atoms with Gasteiger partial charge in [-0.3, -0.25) is 0 Å². The summed E-state index contributed by atoms with van der Waals surface area (Å²) in [5, 5.41) is 3.16. The van der Waals surface area contributed by atoms with Crippen molar-refractivity contribution >= 4 is 26.0 Å². The standard InChI is InChI=1S/C12H21BrN2O3S/c1-5-6-14-8-9-7-10(11(13)18-9)19(16,17)15-12(2,3)4/h7,14-15H,5-6,8H2,1-4H3. The summed E-state index contributed by atoms with van der Waals surface area (Å²) in [6, 6.07) is 1.54. The van der Waals surface area contributed by atoms with Gasteiger partial charge in [0.2, 0.25) is 10.0 Å². The van der Waals surface area contributed by atoms with Gasteiger partial charge >= 0.3 is 0 Å². The Morgan fingerprint density at radius 2 is 2.00 bits per heavy atom. The Bertz CT molecular complexity index is 518. The molecule has 2 N–H and O–H groups in total. The van der Waals surface area contributed by atoms with Crippen LogP contribution in [0.15, 0.2) is 20.0 Å². The topological polar surface area (TPSA) is 71.3 Å². The molecule has 1 aromatic rings. The minimum Gasteiger partial charge on any atom is -0.452 e. The van der Waals surface area contributed by atoms with E-state index in [4.69, 9.17) is 4.42 Å². The summed E-state index contributed by atoms with van der Waals surface area (Å²) in [6.45, 7) is 8.82. The van der Waals surface area contributed by atoms with Gasteiger partial charge in [-0.1, -0.05) is 6.92 Å². The number of halogens is 1. The Morgan fingerprint density at radius 3 is 2.53 bits per heavy atom. The SMILES string of the molecule is CCCNCc1cc(S(=O)(=O)NC(C)(C)C)c(Br)o1. The average molecular weight is 353 g/mol. The highest BCUT2D eigenvalue weighted by molar-refractivity contribution is 9.10. The smallest absolute Gasteiger partial charge is 0.245 e. The van der Waals surface area contributed by atoms with Crippen LogP contribution in [0.4, 0.5) is 0 Å². The van der Waals surface area contributed by atoms with E-state index in [2.05, 4.69) is 32.9 Å². The summed E-state index contributed by atoms with van der Waals surface area (Å²) in [4.78, 5) is 0.135. The number of nitrogens with one attached hydrogen (secondary N) is 2. The van der Waals surface area contributed by atoms with Crippen LogP contribution < -0.4 is 10.0 Å². The maximum Gasteiger partial charge on any atom is 0.245 e. The first-order valence-electron chi connectivity index (χ1n) is 6.18. The van der Waals surface area contributed by atoms with Crippen LogP contribution in [0.25, 0.3) is 0 Å². The van der Waals surface area contributed by atoms with E-state index in [0.29, 0.717) is 12.3 Å². The molecule has 1 heterocycles. The zero-order chi connectivity index (χ0) is 14.7. The van der Waals surface area contributed by atoms with Crippen molar-refractivity contribution in [3.8, 4) is 0 Å². The molecule has 7 heteroatoms. The van der Waals surface area contributed by atoms with Gasteiger partial charge in [-0.2, -0.15) is 0 Å². The van der Waals surface area contributed by atoms with E-state index >= 15 is 0 Å². The minimum atomic E-state index is -3.58. The van der Waals surface area contributed by atoms with Crippen LogP contribution in [0.2, 0.25) is 0 Å². The van der Waals surface area contributed by atoms with Crippen molar-refractivity contribution in [1.82, 2.24) is 10.0 Å². The molecule has 0 aromatic carbocycles. The van der Waals surface area contributed by atoms with Crippen molar-refractivity contribution in [3.63, 3.8) is 0 Å². The molecule has 5 nitrogen and oxygen atoms in total. The third kappa shape index (κ3) is 5.25. The van der Waals surface area contributed by atoms with Gasteiger partial charge in [-0.05, 0) is 49.7 Å². The first-order chi connectivity index (χ1) is 8.65. The average Bonchev–Trinajstić information content (AvgIpc) is 2.57. The quantitative estimate of drug-likeness (QED) is 0.772. The summed E-state index contributed by atoms with van der Waals surface area (Å²) in [5.41, 5.74) is -0.532. The van der Waals surface area contributed by atoms with Crippen LogP contribution in [0.5, 0.6) is 0 Å². The molecule has 0 atom stereocenters. The van der Waals surface area contributed by atoms with Gasteiger partial charge in [0.05, 0.1) is 6.54 Å². The van der Waals surface area contributed by atoms with Crippen molar-refractivity contribution in [2.45, 2.75) is 51.1 Å². The Kier molecular flexibility index (Phi) is 5.61. The molecular formula is C12H21BrN2O3S. The number of hydrogen-bond donors (Lipinski definition) is 2. The van der Waals surface area contributed by atoms with E-state index in [1.807, 2.05) is 0 Å². The van der Waals surface area contributed by atoms with Crippen molar-refractivity contribution < 1.29 is 12.8 Å². The lowest BCUT2D eigenvalue weighted by molar-refractivity contribution is 0.459. The zero-order valence-electron chi connectivity index (χ0n) is 11.7.